The lowest BCUT2D eigenvalue weighted by Gasteiger charge is -2.28. The van der Waals surface area contributed by atoms with Gasteiger partial charge in [0.2, 0.25) is 0 Å². The molecule has 0 saturated carbocycles. The van der Waals surface area contributed by atoms with Gasteiger partial charge in [-0.2, -0.15) is 0 Å². The van der Waals surface area contributed by atoms with Gasteiger partial charge in [0.15, 0.2) is 11.5 Å². The SMILES string of the molecule is COc1cc2ncnc(Nc3ccc(Oc4ccc(N5CCCCC5)cc4)c(C)c3)c2cc1OC. The van der Waals surface area contributed by atoms with Crippen LogP contribution in [0.2, 0.25) is 0 Å². The van der Waals surface area contributed by atoms with E-state index in [-0.39, 0.29) is 0 Å². The first-order chi connectivity index (χ1) is 17.1. The molecule has 7 heteroatoms. The van der Waals surface area contributed by atoms with Gasteiger partial charge in [0, 0.05) is 35.9 Å². The maximum absolute atomic E-state index is 6.18. The summed E-state index contributed by atoms with van der Waals surface area (Å²) in [5.41, 5.74) is 3.96. The van der Waals surface area contributed by atoms with E-state index in [9.17, 15) is 0 Å². The van der Waals surface area contributed by atoms with Crippen molar-refractivity contribution in [3.8, 4) is 23.0 Å². The quantitative estimate of drug-likeness (QED) is 0.331. The van der Waals surface area contributed by atoms with Crippen molar-refractivity contribution in [1.29, 1.82) is 0 Å². The van der Waals surface area contributed by atoms with E-state index in [1.807, 2.05) is 49.4 Å². The normalized spacial score (nSPS) is 13.5. The summed E-state index contributed by atoms with van der Waals surface area (Å²) in [6, 6.07) is 18.1. The summed E-state index contributed by atoms with van der Waals surface area (Å²) in [5.74, 6) is 3.60. The lowest BCUT2D eigenvalue weighted by atomic mass is 10.1. The highest BCUT2D eigenvalue weighted by Gasteiger charge is 2.13. The smallest absolute Gasteiger partial charge is 0.162 e. The lowest BCUT2D eigenvalue weighted by molar-refractivity contribution is 0.356. The number of hydrogen-bond acceptors (Lipinski definition) is 7. The zero-order valence-corrected chi connectivity index (χ0v) is 20.4. The van der Waals surface area contributed by atoms with Gasteiger partial charge in [-0.15, -0.1) is 0 Å². The Labute approximate surface area is 205 Å². The van der Waals surface area contributed by atoms with Crippen molar-refractivity contribution in [2.75, 3.05) is 37.5 Å². The molecule has 1 fully saturated rings. The molecule has 1 aliphatic rings. The van der Waals surface area contributed by atoms with E-state index in [0.717, 1.165) is 46.7 Å². The number of anilines is 3. The minimum Gasteiger partial charge on any atom is -0.493 e. The number of fused-ring (bicyclic) bond motifs is 1. The Kier molecular flexibility index (Phi) is 6.57. The number of ether oxygens (including phenoxy) is 3. The number of aromatic nitrogens is 2. The molecule has 3 aromatic carbocycles. The molecule has 0 amide bonds. The highest BCUT2D eigenvalue weighted by molar-refractivity contribution is 5.93. The number of aryl methyl sites for hydroxylation is 1. The Bertz CT molecular complexity index is 1320. The van der Waals surface area contributed by atoms with E-state index >= 15 is 0 Å². The fraction of sp³-hybridized carbons (Fsp3) is 0.286. The molecule has 0 radical (unpaired) electrons. The van der Waals surface area contributed by atoms with E-state index in [0.29, 0.717) is 17.3 Å². The minimum absolute atomic E-state index is 0.629. The van der Waals surface area contributed by atoms with Crippen LogP contribution in [-0.2, 0) is 0 Å². The first kappa shape index (κ1) is 22.8. The number of piperidine rings is 1. The summed E-state index contributed by atoms with van der Waals surface area (Å²) < 4.78 is 17.0. The first-order valence-electron chi connectivity index (χ1n) is 11.9. The summed E-state index contributed by atoms with van der Waals surface area (Å²) in [6.45, 7) is 4.31. The maximum atomic E-state index is 6.18. The van der Waals surface area contributed by atoms with Gasteiger partial charge in [0.05, 0.1) is 19.7 Å². The Hall–Kier alpha value is -4.00. The molecule has 2 heterocycles. The number of nitrogens with one attached hydrogen (secondary N) is 1. The number of hydrogen-bond donors (Lipinski definition) is 1. The Morgan fingerprint density at radius 1 is 0.800 bits per heavy atom. The van der Waals surface area contributed by atoms with Gasteiger partial charge in [-0.05, 0) is 80.3 Å². The van der Waals surface area contributed by atoms with Crippen molar-refractivity contribution in [3.05, 3.63) is 66.5 Å². The maximum Gasteiger partial charge on any atom is 0.162 e. The van der Waals surface area contributed by atoms with Crippen molar-refractivity contribution in [1.82, 2.24) is 9.97 Å². The number of nitrogens with zero attached hydrogens (tertiary/aromatic N) is 3. The zero-order valence-electron chi connectivity index (χ0n) is 20.4. The van der Waals surface area contributed by atoms with Crippen LogP contribution in [0.3, 0.4) is 0 Å². The third-order valence-electron chi connectivity index (χ3n) is 6.36. The van der Waals surface area contributed by atoms with E-state index < -0.39 is 0 Å². The molecule has 0 spiro atoms. The Morgan fingerprint density at radius 2 is 1.54 bits per heavy atom. The van der Waals surface area contributed by atoms with Gasteiger partial charge in [-0.25, -0.2) is 9.97 Å². The fourth-order valence-corrected chi connectivity index (χ4v) is 4.47. The average molecular weight is 471 g/mol. The second kappa shape index (κ2) is 10.1. The molecule has 4 aromatic rings. The van der Waals surface area contributed by atoms with E-state index in [1.165, 1.54) is 31.3 Å². The molecule has 1 aromatic heterocycles. The molecule has 0 unspecified atom stereocenters. The highest BCUT2D eigenvalue weighted by Crippen LogP contribution is 2.35. The highest BCUT2D eigenvalue weighted by atomic mass is 16.5. The Balaban J connectivity index is 1.33. The van der Waals surface area contributed by atoms with E-state index in [2.05, 4.69) is 32.3 Å². The monoisotopic (exact) mass is 470 g/mol. The fourth-order valence-electron chi connectivity index (χ4n) is 4.47. The van der Waals surface area contributed by atoms with Crippen LogP contribution in [0.5, 0.6) is 23.0 Å². The minimum atomic E-state index is 0.629. The molecule has 0 atom stereocenters. The van der Waals surface area contributed by atoms with Crippen LogP contribution in [0.1, 0.15) is 24.8 Å². The van der Waals surface area contributed by atoms with E-state index in [4.69, 9.17) is 14.2 Å². The standard InChI is InChI=1S/C28H30N4O3/c1-19-15-20(31-28-23-16-26(33-2)27(34-3)17-24(23)29-18-30-28)7-12-25(19)35-22-10-8-21(9-11-22)32-13-5-4-6-14-32/h7-12,15-18H,4-6,13-14H2,1-3H3,(H,29,30,31). The van der Waals surface area contributed by atoms with Crippen LogP contribution in [-0.4, -0.2) is 37.3 Å². The summed E-state index contributed by atoms with van der Waals surface area (Å²) in [4.78, 5) is 11.3. The number of rotatable bonds is 7. The number of methoxy groups -OCH3 is 2. The van der Waals surface area contributed by atoms with Crippen LogP contribution in [0.15, 0.2) is 60.9 Å². The molecule has 1 aliphatic heterocycles. The molecule has 7 nitrogen and oxygen atoms in total. The Morgan fingerprint density at radius 3 is 2.26 bits per heavy atom. The molecule has 180 valence electrons. The molecule has 35 heavy (non-hydrogen) atoms. The van der Waals surface area contributed by atoms with Crippen molar-refractivity contribution in [2.24, 2.45) is 0 Å². The predicted molar refractivity (Wildman–Crippen MR) is 140 cm³/mol. The molecular formula is C28H30N4O3. The van der Waals surface area contributed by atoms with Crippen molar-refractivity contribution in [2.45, 2.75) is 26.2 Å². The molecule has 0 aliphatic carbocycles. The second-order valence-corrected chi connectivity index (χ2v) is 8.70. The van der Waals surface area contributed by atoms with Crippen LogP contribution in [0, 0.1) is 6.92 Å². The van der Waals surface area contributed by atoms with E-state index in [1.54, 1.807) is 14.2 Å². The van der Waals surface area contributed by atoms with Crippen LogP contribution in [0.4, 0.5) is 17.2 Å². The van der Waals surface area contributed by atoms with Gasteiger partial charge >= 0.3 is 0 Å². The van der Waals surface area contributed by atoms with Gasteiger partial charge in [-0.3, -0.25) is 0 Å². The lowest BCUT2D eigenvalue weighted by Crippen LogP contribution is -2.29. The van der Waals surface area contributed by atoms with Gasteiger partial charge in [0.1, 0.15) is 23.6 Å². The topological polar surface area (TPSA) is 68.7 Å². The third kappa shape index (κ3) is 4.94. The van der Waals surface area contributed by atoms with Crippen LogP contribution < -0.4 is 24.4 Å². The molecular weight excluding hydrogens is 440 g/mol. The summed E-state index contributed by atoms with van der Waals surface area (Å²) in [6.07, 6.45) is 5.40. The molecule has 5 rings (SSSR count). The van der Waals surface area contributed by atoms with Crippen molar-refractivity contribution in [3.63, 3.8) is 0 Å². The van der Waals surface area contributed by atoms with Crippen molar-refractivity contribution >= 4 is 28.1 Å². The predicted octanol–water partition coefficient (Wildman–Crippen LogP) is 6.48. The summed E-state index contributed by atoms with van der Waals surface area (Å²) in [7, 11) is 3.23. The van der Waals surface area contributed by atoms with Gasteiger partial charge in [-0.1, -0.05) is 0 Å². The zero-order chi connectivity index (χ0) is 24.2. The van der Waals surface area contributed by atoms with Crippen molar-refractivity contribution < 1.29 is 14.2 Å². The van der Waals surface area contributed by atoms with Crippen LogP contribution >= 0.6 is 0 Å². The summed E-state index contributed by atoms with van der Waals surface area (Å²) in [5, 5.41) is 4.25. The first-order valence-corrected chi connectivity index (χ1v) is 11.9. The molecule has 1 saturated heterocycles. The molecule has 0 bridgehead atoms. The average Bonchev–Trinajstić information content (AvgIpc) is 2.90. The molecule has 1 N–H and O–H groups in total. The van der Waals surface area contributed by atoms with Gasteiger partial charge in [0.25, 0.3) is 0 Å². The second-order valence-electron chi connectivity index (χ2n) is 8.70. The van der Waals surface area contributed by atoms with Gasteiger partial charge < -0.3 is 24.4 Å². The van der Waals surface area contributed by atoms with Crippen LogP contribution in [0.25, 0.3) is 10.9 Å². The third-order valence-corrected chi connectivity index (χ3v) is 6.36. The largest absolute Gasteiger partial charge is 0.493 e. The number of benzene rings is 3. The summed E-state index contributed by atoms with van der Waals surface area (Å²) >= 11 is 0.